The molecule has 1 aromatic heterocycles. The van der Waals surface area contributed by atoms with Gasteiger partial charge < -0.3 is 14.6 Å². The highest BCUT2D eigenvalue weighted by atomic mass is 16.5. The van der Waals surface area contributed by atoms with Crippen molar-refractivity contribution < 1.29 is 4.74 Å². The van der Waals surface area contributed by atoms with Crippen LogP contribution in [-0.2, 0) is 20.6 Å². The minimum atomic E-state index is -0.319. The number of hydrogen-bond donors (Lipinski definition) is 1. The lowest BCUT2D eigenvalue weighted by Crippen LogP contribution is -2.39. The van der Waals surface area contributed by atoms with E-state index in [2.05, 4.69) is 12.2 Å². The van der Waals surface area contributed by atoms with Crippen molar-refractivity contribution in [1.82, 2.24) is 14.5 Å². The summed E-state index contributed by atoms with van der Waals surface area (Å²) in [5.74, 6) is 0.815. The van der Waals surface area contributed by atoms with Gasteiger partial charge in [0.1, 0.15) is 5.75 Å². The average Bonchev–Trinajstić information content (AvgIpc) is 2.58. The lowest BCUT2D eigenvalue weighted by Gasteiger charge is -2.18. The molecular weight excluding hydrogens is 294 g/mol. The number of methoxy groups -OCH3 is 1. The van der Waals surface area contributed by atoms with Crippen LogP contribution < -0.4 is 21.3 Å². The van der Waals surface area contributed by atoms with E-state index >= 15 is 0 Å². The summed E-state index contributed by atoms with van der Waals surface area (Å²) in [6.07, 6.45) is 2.48. The number of aromatic nitrogens is 2. The summed E-state index contributed by atoms with van der Waals surface area (Å²) in [7, 11) is 4.78. The average molecular weight is 317 g/mol. The first-order chi connectivity index (χ1) is 11.0. The van der Waals surface area contributed by atoms with E-state index in [0.29, 0.717) is 12.1 Å². The van der Waals surface area contributed by atoms with Gasteiger partial charge in [-0.15, -0.1) is 0 Å². The fourth-order valence-corrected chi connectivity index (χ4v) is 2.57. The Labute approximate surface area is 135 Å². The minimum absolute atomic E-state index is 0.128. The summed E-state index contributed by atoms with van der Waals surface area (Å²) >= 11 is 0. The molecule has 1 N–H and O–H groups in total. The van der Waals surface area contributed by atoms with E-state index in [4.69, 9.17) is 4.74 Å². The standard InChI is InChI=1S/C17H23N3O3/c1-5-15(12-6-8-14(23-4)9-7-12)18-10-13-11-19(2)17(22)20(3)16(13)21/h6-9,11,15,18H,5,10H2,1-4H3. The van der Waals surface area contributed by atoms with Gasteiger partial charge in [0.25, 0.3) is 5.56 Å². The number of nitrogens with zero attached hydrogens (tertiary/aromatic N) is 2. The smallest absolute Gasteiger partial charge is 0.330 e. The molecule has 0 spiro atoms. The molecule has 2 rings (SSSR count). The molecule has 0 fully saturated rings. The predicted octanol–water partition coefficient (Wildman–Crippen LogP) is 1.33. The molecule has 0 bridgehead atoms. The van der Waals surface area contributed by atoms with Crippen molar-refractivity contribution in [3.63, 3.8) is 0 Å². The molecule has 1 aromatic carbocycles. The Balaban J connectivity index is 2.17. The van der Waals surface area contributed by atoms with Gasteiger partial charge in [0.15, 0.2) is 0 Å². The number of ether oxygens (including phenoxy) is 1. The van der Waals surface area contributed by atoms with Gasteiger partial charge in [-0.3, -0.25) is 9.36 Å². The first-order valence-electron chi connectivity index (χ1n) is 7.60. The van der Waals surface area contributed by atoms with Crippen molar-refractivity contribution in [3.05, 3.63) is 62.4 Å². The van der Waals surface area contributed by atoms with Gasteiger partial charge in [0, 0.05) is 38.4 Å². The molecule has 6 nitrogen and oxygen atoms in total. The van der Waals surface area contributed by atoms with Crippen LogP contribution in [0.1, 0.15) is 30.5 Å². The fraction of sp³-hybridized carbons (Fsp3) is 0.412. The van der Waals surface area contributed by atoms with Gasteiger partial charge in [-0.2, -0.15) is 0 Å². The molecule has 0 aliphatic carbocycles. The van der Waals surface area contributed by atoms with Crippen molar-refractivity contribution in [2.24, 2.45) is 14.1 Å². The third-order valence-electron chi connectivity index (χ3n) is 3.98. The zero-order chi connectivity index (χ0) is 17.0. The SMILES string of the molecule is CCC(NCc1cn(C)c(=O)n(C)c1=O)c1ccc(OC)cc1. The Hall–Kier alpha value is -2.34. The zero-order valence-electron chi connectivity index (χ0n) is 14.0. The maximum absolute atomic E-state index is 12.2. The predicted molar refractivity (Wildman–Crippen MR) is 89.8 cm³/mol. The summed E-state index contributed by atoms with van der Waals surface area (Å²) in [4.78, 5) is 23.9. The topological polar surface area (TPSA) is 65.3 Å². The molecule has 0 aliphatic heterocycles. The summed E-state index contributed by atoms with van der Waals surface area (Å²) in [5.41, 5.74) is 1.13. The Bertz CT molecular complexity index is 775. The minimum Gasteiger partial charge on any atom is -0.497 e. The van der Waals surface area contributed by atoms with Gasteiger partial charge in [0.2, 0.25) is 0 Å². The van der Waals surface area contributed by atoms with Crippen molar-refractivity contribution in [2.45, 2.75) is 25.9 Å². The Morgan fingerprint density at radius 2 is 1.83 bits per heavy atom. The van der Waals surface area contributed by atoms with E-state index in [9.17, 15) is 9.59 Å². The molecule has 0 saturated carbocycles. The van der Waals surface area contributed by atoms with Crippen LogP contribution in [0, 0.1) is 0 Å². The van der Waals surface area contributed by atoms with Crippen molar-refractivity contribution in [3.8, 4) is 5.75 Å². The molecule has 2 aromatic rings. The van der Waals surface area contributed by atoms with Crippen molar-refractivity contribution in [2.75, 3.05) is 7.11 Å². The van der Waals surface area contributed by atoms with Crippen molar-refractivity contribution >= 4 is 0 Å². The van der Waals surface area contributed by atoms with E-state index in [-0.39, 0.29) is 17.3 Å². The molecule has 6 heteroatoms. The second-order valence-corrected chi connectivity index (χ2v) is 5.53. The van der Waals surface area contributed by atoms with Crippen LogP contribution in [-0.4, -0.2) is 16.2 Å². The largest absolute Gasteiger partial charge is 0.497 e. The molecular formula is C17H23N3O3. The fourth-order valence-electron chi connectivity index (χ4n) is 2.57. The molecule has 124 valence electrons. The van der Waals surface area contributed by atoms with Gasteiger partial charge in [-0.1, -0.05) is 19.1 Å². The molecule has 0 aliphatic rings. The Morgan fingerprint density at radius 3 is 2.39 bits per heavy atom. The Kier molecular flexibility index (Phi) is 5.39. The number of rotatable bonds is 6. The van der Waals surface area contributed by atoms with Crippen LogP contribution in [0.2, 0.25) is 0 Å². The Morgan fingerprint density at radius 1 is 1.17 bits per heavy atom. The molecule has 0 amide bonds. The van der Waals surface area contributed by atoms with Gasteiger partial charge in [-0.25, -0.2) is 4.79 Å². The first-order valence-corrected chi connectivity index (χ1v) is 7.60. The van der Waals surface area contributed by atoms with Crippen LogP contribution in [0.3, 0.4) is 0 Å². The van der Waals surface area contributed by atoms with E-state index in [1.54, 1.807) is 20.4 Å². The van der Waals surface area contributed by atoms with Crippen molar-refractivity contribution in [1.29, 1.82) is 0 Å². The van der Waals surface area contributed by atoms with Crippen LogP contribution >= 0.6 is 0 Å². The van der Waals surface area contributed by atoms with E-state index in [1.165, 1.54) is 11.6 Å². The van der Waals surface area contributed by atoms with Crippen LogP contribution in [0.25, 0.3) is 0 Å². The highest BCUT2D eigenvalue weighted by molar-refractivity contribution is 5.29. The number of aryl methyl sites for hydroxylation is 1. The third-order valence-corrected chi connectivity index (χ3v) is 3.98. The second kappa shape index (κ2) is 7.28. The molecule has 1 atom stereocenters. The normalized spacial score (nSPS) is 12.2. The molecule has 0 radical (unpaired) electrons. The second-order valence-electron chi connectivity index (χ2n) is 5.53. The van der Waals surface area contributed by atoms with Gasteiger partial charge in [0.05, 0.1) is 7.11 Å². The summed E-state index contributed by atoms with van der Waals surface area (Å²) in [6, 6.07) is 8.00. The lowest BCUT2D eigenvalue weighted by atomic mass is 10.0. The molecule has 1 heterocycles. The van der Waals surface area contributed by atoms with E-state index < -0.39 is 0 Å². The van der Waals surface area contributed by atoms with Crippen LogP contribution in [0.5, 0.6) is 5.75 Å². The lowest BCUT2D eigenvalue weighted by molar-refractivity contribution is 0.414. The molecule has 0 saturated heterocycles. The summed E-state index contributed by atoms with van der Waals surface area (Å²) < 4.78 is 7.72. The maximum Gasteiger partial charge on any atom is 0.330 e. The highest BCUT2D eigenvalue weighted by Gasteiger charge is 2.12. The molecule has 1 unspecified atom stereocenters. The third kappa shape index (κ3) is 3.71. The van der Waals surface area contributed by atoms with E-state index in [1.807, 2.05) is 24.3 Å². The first kappa shape index (κ1) is 17.0. The summed E-state index contributed by atoms with van der Waals surface area (Å²) in [6.45, 7) is 2.49. The quantitative estimate of drug-likeness (QED) is 0.873. The monoisotopic (exact) mass is 317 g/mol. The van der Waals surface area contributed by atoms with E-state index in [0.717, 1.165) is 22.3 Å². The number of nitrogens with one attached hydrogen (secondary N) is 1. The van der Waals surface area contributed by atoms with Crippen LogP contribution in [0.15, 0.2) is 40.1 Å². The van der Waals surface area contributed by atoms with Crippen LogP contribution in [0.4, 0.5) is 0 Å². The number of benzene rings is 1. The highest BCUT2D eigenvalue weighted by Crippen LogP contribution is 2.20. The van der Waals surface area contributed by atoms with Gasteiger partial charge >= 0.3 is 5.69 Å². The molecule has 23 heavy (non-hydrogen) atoms. The number of hydrogen-bond acceptors (Lipinski definition) is 4. The summed E-state index contributed by atoms with van der Waals surface area (Å²) in [5, 5.41) is 3.38. The maximum atomic E-state index is 12.2. The zero-order valence-corrected chi connectivity index (χ0v) is 14.0. The van der Waals surface area contributed by atoms with Gasteiger partial charge in [-0.05, 0) is 24.1 Å².